The van der Waals surface area contributed by atoms with E-state index in [1.807, 2.05) is 31.7 Å². The number of aromatic nitrogens is 2. The summed E-state index contributed by atoms with van der Waals surface area (Å²) in [4.78, 5) is 4.21. The van der Waals surface area contributed by atoms with E-state index in [9.17, 15) is 0 Å². The Labute approximate surface area is 113 Å². The Morgan fingerprint density at radius 3 is 2.79 bits per heavy atom. The molecule has 1 aromatic heterocycles. The summed E-state index contributed by atoms with van der Waals surface area (Å²) < 4.78 is 8.05. The number of rotatable bonds is 6. The first-order valence-electron chi connectivity index (χ1n) is 6.74. The second-order valence-electron chi connectivity index (χ2n) is 4.99. The topological polar surface area (TPSA) is 39.1 Å². The number of benzene rings is 1. The van der Waals surface area contributed by atoms with Gasteiger partial charge in [-0.15, -0.1) is 0 Å². The summed E-state index contributed by atoms with van der Waals surface area (Å²) in [6.45, 7) is 1.47. The Balaban J connectivity index is 1.60. The molecule has 1 heterocycles. The van der Waals surface area contributed by atoms with Gasteiger partial charge in [0, 0.05) is 12.6 Å². The highest BCUT2D eigenvalue weighted by Crippen LogP contribution is 2.35. The van der Waals surface area contributed by atoms with Crippen molar-refractivity contribution in [1.82, 2.24) is 14.9 Å². The van der Waals surface area contributed by atoms with E-state index in [4.69, 9.17) is 4.74 Å². The van der Waals surface area contributed by atoms with E-state index in [-0.39, 0.29) is 0 Å². The van der Waals surface area contributed by atoms with Crippen LogP contribution in [0.4, 0.5) is 0 Å². The van der Waals surface area contributed by atoms with Gasteiger partial charge in [0.25, 0.3) is 0 Å². The van der Waals surface area contributed by atoms with Crippen molar-refractivity contribution in [2.75, 3.05) is 7.05 Å². The quantitative estimate of drug-likeness (QED) is 0.864. The molecule has 0 amide bonds. The van der Waals surface area contributed by atoms with Gasteiger partial charge in [0.2, 0.25) is 0 Å². The molecule has 2 aromatic rings. The molecule has 3 rings (SSSR count). The van der Waals surface area contributed by atoms with Crippen LogP contribution in [0.25, 0.3) is 0 Å². The van der Waals surface area contributed by atoms with Gasteiger partial charge in [0.1, 0.15) is 12.4 Å². The summed E-state index contributed by atoms with van der Waals surface area (Å²) in [6, 6.07) is 8.86. The smallest absolute Gasteiger partial charge is 0.130 e. The fourth-order valence-corrected chi connectivity index (χ4v) is 2.19. The van der Waals surface area contributed by atoms with E-state index < -0.39 is 0 Å². The monoisotopic (exact) mass is 257 g/mol. The van der Waals surface area contributed by atoms with Crippen LogP contribution < -0.4 is 10.1 Å². The lowest BCUT2D eigenvalue weighted by atomic mass is 10.2. The molecule has 100 valence electrons. The fraction of sp³-hybridized carbons (Fsp3) is 0.400. The van der Waals surface area contributed by atoms with Gasteiger partial charge < -0.3 is 14.6 Å². The van der Waals surface area contributed by atoms with E-state index in [0.29, 0.717) is 12.6 Å². The molecule has 1 aliphatic carbocycles. The molecular weight excluding hydrogens is 238 g/mol. The molecule has 1 aliphatic rings. The van der Waals surface area contributed by atoms with Crippen molar-refractivity contribution in [3.05, 3.63) is 48.0 Å². The van der Waals surface area contributed by atoms with Gasteiger partial charge in [-0.25, -0.2) is 4.98 Å². The molecule has 0 bridgehead atoms. The van der Waals surface area contributed by atoms with Gasteiger partial charge in [0.15, 0.2) is 0 Å². The van der Waals surface area contributed by atoms with Gasteiger partial charge in [-0.05, 0) is 37.6 Å². The van der Waals surface area contributed by atoms with Crippen molar-refractivity contribution < 1.29 is 4.74 Å². The van der Waals surface area contributed by atoms with E-state index in [1.165, 1.54) is 18.4 Å². The fourth-order valence-electron chi connectivity index (χ4n) is 2.19. The van der Waals surface area contributed by atoms with E-state index in [0.717, 1.165) is 18.0 Å². The minimum atomic E-state index is 0.585. The molecular formula is C15H19N3O. The zero-order valence-electron chi connectivity index (χ0n) is 11.2. The van der Waals surface area contributed by atoms with Crippen molar-refractivity contribution in [2.45, 2.75) is 32.0 Å². The molecule has 0 atom stereocenters. The third kappa shape index (κ3) is 2.96. The molecule has 1 N–H and O–H groups in total. The predicted octanol–water partition coefficient (Wildman–Crippen LogP) is 2.52. The maximum absolute atomic E-state index is 5.82. The number of nitrogens with zero attached hydrogens (tertiary/aromatic N) is 2. The Morgan fingerprint density at radius 2 is 2.11 bits per heavy atom. The van der Waals surface area contributed by atoms with Crippen molar-refractivity contribution in [2.24, 2.45) is 0 Å². The number of hydrogen-bond acceptors (Lipinski definition) is 3. The number of imidazole rings is 1. The molecule has 0 unspecified atom stereocenters. The average Bonchev–Trinajstić information content (AvgIpc) is 3.17. The number of hydrogen-bond donors (Lipinski definition) is 1. The molecule has 0 spiro atoms. The maximum Gasteiger partial charge on any atom is 0.130 e. The molecule has 0 aliphatic heterocycles. The van der Waals surface area contributed by atoms with Crippen LogP contribution in [0.15, 0.2) is 36.8 Å². The van der Waals surface area contributed by atoms with Gasteiger partial charge in [-0.2, -0.15) is 0 Å². The highest BCUT2D eigenvalue weighted by molar-refractivity contribution is 5.27. The largest absolute Gasteiger partial charge is 0.487 e. The summed E-state index contributed by atoms with van der Waals surface area (Å²) >= 11 is 0. The molecule has 0 radical (unpaired) electrons. The molecule has 19 heavy (non-hydrogen) atoms. The van der Waals surface area contributed by atoms with Crippen molar-refractivity contribution >= 4 is 0 Å². The maximum atomic E-state index is 5.82. The lowest BCUT2D eigenvalue weighted by molar-refractivity contribution is 0.295. The van der Waals surface area contributed by atoms with Crippen LogP contribution in [0.2, 0.25) is 0 Å². The van der Waals surface area contributed by atoms with Crippen molar-refractivity contribution in [3.8, 4) is 5.75 Å². The molecule has 0 saturated heterocycles. The van der Waals surface area contributed by atoms with Crippen LogP contribution >= 0.6 is 0 Å². The zero-order chi connectivity index (χ0) is 13.1. The summed E-state index contributed by atoms with van der Waals surface area (Å²) in [5, 5.41) is 3.13. The Hall–Kier alpha value is -1.81. The molecule has 1 fully saturated rings. The van der Waals surface area contributed by atoms with Gasteiger partial charge >= 0.3 is 0 Å². The summed E-state index contributed by atoms with van der Waals surface area (Å²) in [5.41, 5.74) is 2.42. The van der Waals surface area contributed by atoms with Crippen LogP contribution in [0, 0.1) is 0 Å². The third-order valence-corrected chi connectivity index (χ3v) is 3.38. The third-order valence-electron chi connectivity index (χ3n) is 3.38. The second-order valence-corrected chi connectivity index (χ2v) is 4.99. The Morgan fingerprint density at radius 1 is 1.32 bits per heavy atom. The molecule has 4 heteroatoms. The van der Waals surface area contributed by atoms with Crippen molar-refractivity contribution in [1.29, 1.82) is 0 Å². The molecule has 1 saturated carbocycles. The minimum absolute atomic E-state index is 0.585. The molecule has 1 aromatic carbocycles. The van der Waals surface area contributed by atoms with Crippen LogP contribution in [0.5, 0.6) is 5.75 Å². The first-order chi connectivity index (χ1) is 9.36. The van der Waals surface area contributed by atoms with E-state index in [1.54, 1.807) is 0 Å². The Bertz CT molecular complexity index is 529. The van der Waals surface area contributed by atoms with Gasteiger partial charge in [-0.1, -0.05) is 12.1 Å². The first-order valence-corrected chi connectivity index (χ1v) is 6.74. The van der Waals surface area contributed by atoms with Crippen LogP contribution in [0.1, 0.15) is 30.1 Å². The predicted molar refractivity (Wildman–Crippen MR) is 74.0 cm³/mol. The SMILES string of the molecule is CNCc1ccc(OCc2cncn2C2CC2)cc1. The second kappa shape index (κ2) is 5.45. The lowest BCUT2D eigenvalue weighted by Gasteiger charge is -2.09. The lowest BCUT2D eigenvalue weighted by Crippen LogP contribution is -2.05. The highest BCUT2D eigenvalue weighted by atomic mass is 16.5. The Kier molecular flexibility index (Phi) is 3.51. The highest BCUT2D eigenvalue weighted by Gasteiger charge is 2.25. The zero-order valence-corrected chi connectivity index (χ0v) is 11.2. The van der Waals surface area contributed by atoms with E-state index >= 15 is 0 Å². The normalized spacial score (nSPS) is 14.6. The van der Waals surface area contributed by atoms with Gasteiger partial charge in [0.05, 0.1) is 18.2 Å². The summed E-state index contributed by atoms with van der Waals surface area (Å²) in [5.74, 6) is 0.906. The standard InChI is InChI=1S/C15H19N3O/c1-16-8-12-2-6-15(7-3-12)19-10-14-9-17-11-18(14)13-4-5-13/h2-3,6-7,9,11,13,16H,4-5,8,10H2,1H3. The minimum Gasteiger partial charge on any atom is -0.487 e. The summed E-state index contributed by atoms with van der Waals surface area (Å²) in [7, 11) is 1.95. The van der Waals surface area contributed by atoms with Crippen LogP contribution in [0.3, 0.4) is 0 Å². The average molecular weight is 257 g/mol. The van der Waals surface area contributed by atoms with Crippen LogP contribution in [-0.2, 0) is 13.2 Å². The number of nitrogens with one attached hydrogen (secondary N) is 1. The van der Waals surface area contributed by atoms with E-state index in [2.05, 4.69) is 27.0 Å². The molecule has 4 nitrogen and oxygen atoms in total. The van der Waals surface area contributed by atoms with Crippen molar-refractivity contribution in [3.63, 3.8) is 0 Å². The first kappa shape index (κ1) is 12.2. The number of ether oxygens (including phenoxy) is 1. The van der Waals surface area contributed by atoms with Gasteiger partial charge in [-0.3, -0.25) is 0 Å². The van der Waals surface area contributed by atoms with Crippen LogP contribution in [-0.4, -0.2) is 16.6 Å². The summed E-state index contributed by atoms with van der Waals surface area (Å²) in [6.07, 6.45) is 6.34.